The molecule has 1 fully saturated rings. The minimum absolute atomic E-state index is 0.425. The van der Waals surface area contributed by atoms with Crippen molar-refractivity contribution in [3.63, 3.8) is 0 Å². The van der Waals surface area contributed by atoms with Gasteiger partial charge in [0.15, 0.2) is 0 Å². The number of nitrogens with two attached hydrogens (primary N) is 1. The van der Waals surface area contributed by atoms with Crippen molar-refractivity contribution in [3.05, 3.63) is 24.3 Å². The maximum atomic E-state index is 5.93. The van der Waals surface area contributed by atoms with Crippen LogP contribution >= 0.6 is 0 Å². The van der Waals surface area contributed by atoms with E-state index in [1.54, 1.807) is 0 Å². The molecule has 0 radical (unpaired) electrons. The van der Waals surface area contributed by atoms with Crippen LogP contribution in [0, 0.1) is 5.92 Å². The minimum Gasteiger partial charge on any atom is -0.494 e. The fraction of sp³-hybridized carbons (Fsp3) is 0.647. The first-order valence-electron chi connectivity index (χ1n) is 8.25. The molecular formula is C17H29N3O. The van der Waals surface area contributed by atoms with E-state index in [1.807, 2.05) is 24.3 Å². The molecule has 0 saturated heterocycles. The summed E-state index contributed by atoms with van der Waals surface area (Å²) in [5.74, 6) is 1.68. The predicted molar refractivity (Wildman–Crippen MR) is 88.4 cm³/mol. The molecule has 1 aromatic carbocycles. The van der Waals surface area contributed by atoms with Crippen molar-refractivity contribution in [2.24, 2.45) is 11.7 Å². The zero-order valence-electron chi connectivity index (χ0n) is 13.1. The molecule has 0 unspecified atom stereocenters. The van der Waals surface area contributed by atoms with Crippen LogP contribution in [-0.4, -0.2) is 19.2 Å². The summed E-state index contributed by atoms with van der Waals surface area (Å²) < 4.78 is 5.65. The highest BCUT2D eigenvalue weighted by molar-refractivity contribution is 5.45. The number of anilines is 1. The van der Waals surface area contributed by atoms with Gasteiger partial charge in [0.05, 0.1) is 6.61 Å². The molecule has 0 amide bonds. The summed E-state index contributed by atoms with van der Waals surface area (Å²) in [4.78, 5) is 0. The van der Waals surface area contributed by atoms with Crippen molar-refractivity contribution < 1.29 is 4.74 Å². The first-order chi connectivity index (χ1) is 10.3. The highest BCUT2D eigenvalue weighted by Crippen LogP contribution is 2.22. The van der Waals surface area contributed by atoms with Gasteiger partial charge in [-0.2, -0.15) is 0 Å². The first kappa shape index (κ1) is 16.1. The molecule has 0 heterocycles. The van der Waals surface area contributed by atoms with Crippen molar-refractivity contribution in [2.75, 3.05) is 18.6 Å². The van der Waals surface area contributed by atoms with E-state index < -0.39 is 0 Å². The van der Waals surface area contributed by atoms with Crippen LogP contribution in [0.1, 0.15) is 45.4 Å². The number of unbranched alkanes of at least 4 members (excludes halogenated alkanes) is 1. The number of hydrogen-bond acceptors (Lipinski definition) is 4. The third-order valence-corrected chi connectivity index (χ3v) is 4.14. The lowest BCUT2D eigenvalue weighted by Gasteiger charge is -2.26. The number of hydrogen-bond donors (Lipinski definition) is 3. The normalized spacial score (nSPS) is 22.0. The van der Waals surface area contributed by atoms with E-state index in [-0.39, 0.29) is 0 Å². The van der Waals surface area contributed by atoms with Crippen LogP contribution in [0.2, 0.25) is 0 Å². The third kappa shape index (κ3) is 5.94. The summed E-state index contributed by atoms with van der Waals surface area (Å²) >= 11 is 0. The van der Waals surface area contributed by atoms with Crippen LogP contribution < -0.4 is 21.3 Å². The molecule has 4 nitrogen and oxygen atoms in total. The number of benzene rings is 1. The van der Waals surface area contributed by atoms with Gasteiger partial charge in [-0.25, -0.2) is 5.43 Å². The Balaban J connectivity index is 1.64. The number of ether oxygens (including phenoxy) is 1. The van der Waals surface area contributed by atoms with Crippen LogP contribution in [-0.2, 0) is 0 Å². The maximum Gasteiger partial charge on any atom is 0.119 e. The predicted octanol–water partition coefficient (Wildman–Crippen LogP) is 3.30. The SMILES string of the molecule is CCCCOc1ccc(NNC[C@H]2CC[C@H](N)CC2)cc1. The summed E-state index contributed by atoms with van der Waals surface area (Å²) in [5, 5.41) is 0. The lowest BCUT2D eigenvalue weighted by molar-refractivity contribution is 0.309. The Morgan fingerprint density at radius 1 is 1.14 bits per heavy atom. The summed E-state index contributed by atoms with van der Waals surface area (Å²) in [6, 6.07) is 8.55. The summed E-state index contributed by atoms with van der Waals surface area (Å²) in [7, 11) is 0. The smallest absolute Gasteiger partial charge is 0.119 e. The average Bonchev–Trinajstić information content (AvgIpc) is 2.51. The third-order valence-electron chi connectivity index (χ3n) is 4.14. The molecule has 0 spiro atoms. The van der Waals surface area contributed by atoms with Crippen molar-refractivity contribution in [3.8, 4) is 5.75 Å². The summed E-state index contributed by atoms with van der Waals surface area (Å²) in [6.45, 7) is 3.97. The average molecular weight is 291 g/mol. The Hall–Kier alpha value is -1.26. The van der Waals surface area contributed by atoms with Gasteiger partial charge in [0.1, 0.15) is 5.75 Å². The zero-order valence-corrected chi connectivity index (χ0v) is 13.1. The molecule has 21 heavy (non-hydrogen) atoms. The van der Waals surface area contributed by atoms with Gasteiger partial charge in [-0.3, -0.25) is 0 Å². The van der Waals surface area contributed by atoms with Gasteiger partial charge in [0, 0.05) is 18.3 Å². The lowest BCUT2D eigenvalue weighted by atomic mass is 9.86. The van der Waals surface area contributed by atoms with Crippen LogP contribution in [0.4, 0.5) is 5.69 Å². The van der Waals surface area contributed by atoms with E-state index >= 15 is 0 Å². The maximum absolute atomic E-state index is 5.93. The second-order valence-electron chi connectivity index (χ2n) is 6.01. The molecular weight excluding hydrogens is 262 g/mol. The fourth-order valence-corrected chi connectivity index (χ4v) is 2.66. The van der Waals surface area contributed by atoms with E-state index in [4.69, 9.17) is 10.5 Å². The second-order valence-corrected chi connectivity index (χ2v) is 6.01. The fourth-order valence-electron chi connectivity index (χ4n) is 2.66. The Bertz CT molecular complexity index is 386. The van der Waals surface area contributed by atoms with Gasteiger partial charge in [-0.05, 0) is 62.3 Å². The van der Waals surface area contributed by atoms with Crippen molar-refractivity contribution in [2.45, 2.75) is 51.5 Å². The van der Waals surface area contributed by atoms with Gasteiger partial charge in [-0.1, -0.05) is 13.3 Å². The van der Waals surface area contributed by atoms with Gasteiger partial charge in [-0.15, -0.1) is 0 Å². The Kier molecular flexibility index (Phi) is 6.83. The van der Waals surface area contributed by atoms with Crippen molar-refractivity contribution in [1.82, 2.24) is 5.43 Å². The van der Waals surface area contributed by atoms with E-state index in [0.29, 0.717) is 6.04 Å². The molecule has 4 N–H and O–H groups in total. The molecule has 1 saturated carbocycles. The van der Waals surface area contributed by atoms with Gasteiger partial charge in [0.25, 0.3) is 0 Å². The molecule has 0 aromatic heterocycles. The van der Waals surface area contributed by atoms with Crippen molar-refractivity contribution >= 4 is 5.69 Å². The highest BCUT2D eigenvalue weighted by atomic mass is 16.5. The number of hydrazine groups is 1. The second kappa shape index (κ2) is 8.90. The Labute approximate surface area is 128 Å². The quantitative estimate of drug-likeness (QED) is 0.508. The molecule has 0 atom stereocenters. The van der Waals surface area contributed by atoms with Crippen LogP contribution in [0.5, 0.6) is 5.75 Å². The Morgan fingerprint density at radius 2 is 1.86 bits per heavy atom. The molecule has 1 aliphatic carbocycles. The first-order valence-corrected chi connectivity index (χ1v) is 8.25. The molecule has 4 heteroatoms. The van der Waals surface area contributed by atoms with Gasteiger partial charge < -0.3 is 15.9 Å². The van der Waals surface area contributed by atoms with Gasteiger partial charge >= 0.3 is 0 Å². The molecule has 118 valence electrons. The highest BCUT2D eigenvalue weighted by Gasteiger charge is 2.17. The molecule has 1 aromatic rings. The summed E-state index contributed by atoms with van der Waals surface area (Å²) in [6.07, 6.45) is 7.06. The molecule has 1 aliphatic rings. The van der Waals surface area contributed by atoms with Crippen LogP contribution in [0.25, 0.3) is 0 Å². The topological polar surface area (TPSA) is 59.3 Å². The largest absolute Gasteiger partial charge is 0.494 e. The Morgan fingerprint density at radius 3 is 2.52 bits per heavy atom. The van der Waals surface area contributed by atoms with E-state index in [0.717, 1.165) is 56.2 Å². The summed E-state index contributed by atoms with van der Waals surface area (Å²) in [5.41, 5.74) is 13.6. The van der Waals surface area contributed by atoms with E-state index in [1.165, 1.54) is 12.8 Å². The van der Waals surface area contributed by atoms with E-state index in [2.05, 4.69) is 17.8 Å². The molecule has 0 bridgehead atoms. The lowest BCUT2D eigenvalue weighted by Crippen LogP contribution is -2.33. The number of nitrogens with one attached hydrogen (secondary N) is 2. The van der Waals surface area contributed by atoms with E-state index in [9.17, 15) is 0 Å². The monoisotopic (exact) mass is 291 g/mol. The molecule has 2 rings (SSSR count). The zero-order chi connectivity index (χ0) is 14.9. The number of rotatable bonds is 8. The van der Waals surface area contributed by atoms with Crippen LogP contribution in [0.3, 0.4) is 0 Å². The van der Waals surface area contributed by atoms with Crippen molar-refractivity contribution in [1.29, 1.82) is 0 Å². The van der Waals surface area contributed by atoms with Crippen LogP contribution in [0.15, 0.2) is 24.3 Å². The van der Waals surface area contributed by atoms with Gasteiger partial charge in [0.2, 0.25) is 0 Å². The minimum atomic E-state index is 0.425. The molecule has 0 aliphatic heterocycles. The standard InChI is InChI=1S/C17H29N3O/c1-2-3-12-21-17-10-8-16(9-11-17)20-19-13-14-4-6-15(18)7-5-14/h8-11,14-15,19-20H,2-7,12-13,18H2,1H3/t14-,15-.